The van der Waals surface area contributed by atoms with Gasteiger partial charge in [0.05, 0.1) is 5.75 Å². The van der Waals surface area contributed by atoms with Gasteiger partial charge in [-0.15, -0.1) is 0 Å². The van der Waals surface area contributed by atoms with E-state index in [9.17, 15) is 8.42 Å². The Balaban J connectivity index is 2.24. The Hall–Kier alpha value is -0.870. The fourth-order valence-corrected chi connectivity index (χ4v) is 2.22. The molecule has 0 aliphatic rings. The van der Waals surface area contributed by atoms with E-state index in [0.29, 0.717) is 12.6 Å². The maximum Gasteiger partial charge on any atom is 0.148 e. The Morgan fingerprint density at radius 3 is 2.39 bits per heavy atom. The summed E-state index contributed by atoms with van der Waals surface area (Å²) in [7, 11) is -2.85. The maximum atomic E-state index is 11.0. The van der Waals surface area contributed by atoms with Crippen LogP contribution in [0.2, 0.25) is 0 Å². The molecule has 1 aromatic carbocycles. The van der Waals surface area contributed by atoms with Gasteiger partial charge in [0.1, 0.15) is 9.84 Å². The number of aryl methyl sites for hydroxylation is 2. The summed E-state index contributed by atoms with van der Waals surface area (Å²) in [5.74, 6) is 0.210. The summed E-state index contributed by atoms with van der Waals surface area (Å²) in [6, 6.07) is 8.89. The van der Waals surface area contributed by atoms with Crippen molar-refractivity contribution >= 4 is 9.84 Å². The third kappa shape index (κ3) is 6.77. The standard InChI is InChI=1S/C14H23NO2S/c1-12-4-7-14(8-5-12)9-6-13(2)15-10-11-18(3,16)17/h4-5,7-8,13,15H,6,9-11H2,1-3H3/t13-/m0/s1. The van der Waals surface area contributed by atoms with E-state index in [4.69, 9.17) is 0 Å². The van der Waals surface area contributed by atoms with Crippen LogP contribution in [0.4, 0.5) is 0 Å². The molecule has 4 heteroatoms. The van der Waals surface area contributed by atoms with Crippen LogP contribution in [0, 0.1) is 6.92 Å². The molecule has 0 unspecified atom stereocenters. The van der Waals surface area contributed by atoms with E-state index >= 15 is 0 Å². The zero-order valence-corrected chi connectivity index (χ0v) is 12.3. The van der Waals surface area contributed by atoms with Crippen molar-refractivity contribution in [1.82, 2.24) is 5.32 Å². The maximum absolute atomic E-state index is 11.0. The Morgan fingerprint density at radius 2 is 1.83 bits per heavy atom. The van der Waals surface area contributed by atoms with E-state index in [0.717, 1.165) is 12.8 Å². The smallest absolute Gasteiger partial charge is 0.148 e. The molecule has 1 aromatic rings. The summed E-state index contributed by atoms with van der Waals surface area (Å²) in [5.41, 5.74) is 2.61. The number of nitrogens with one attached hydrogen (secondary N) is 1. The lowest BCUT2D eigenvalue weighted by molar-refractivity contribution is 0.527. The van der Waals surface area contributed by atoms with Crippen molar-refractivity contribution < 1.29 is 8.42 Å². The molecule has 0 aliphatic heterocycles. The first-order valence-corrected chi connectivity index (χ1v) is 8.39. The molecule has 0 amide bonds. The number of benzene rings is 1. The molecule has 0 fully saturated rings. The monoisotopic (exact) mass is 269 g/mol. The summed E-state index contributed by atoms with van der Waals surface area (Å²) >= 11 is 0. The quantitative estimate of drug-likeness (QED) is 0.823. The van der Waals surface area contributed by atoms with Crippen LogP contribution in [0.25, 0.3) is 0 Å². The minimum Gasteiger partial charge on any atom is -0.313 e. The molecule has 0 aromatic heterocycles. The lowest BCUT2D eigenvalue weighted by Crippen LogP contribution is -2.31. The van der Waals surface area contributed by atoms with E-state index in [-0.39, 0.29) is 5.75 Å². The van der Waals surface area contributed by atoms with Crippen molar-refractivity contribution in [2.24, 2.45) is 0 Å². The topological polar surface area (TPSA) is 46.2 Å². The minimum absolute atomic E-state index is 0.210. The molecule has 0 saturated carbocycles. The molecule has 0 aliphatic carbocycles. The molecule has 0 saturated heterocycles. The molecule has 18 heavy (non-hydrogen) atoms. The summed E-state index contributed by atoms with van der Waals surface area (Å²) in [6.07, 6.45) is 3.31. The molecule has 3 nitrogen and oxygen atoms in total. The van der Waals surface area contributed by atoms with Crippen LogP contribution < -0.4 is 5.32 Å². The Morgan fingerprint density at radius 1 is 1.22 bits per heavy atom. The van der Waals surface area contributed by atoms with E-state index in [1.165, 1.54) is 17.4 Å². The van der Waals surface area contributed by atoms with Crippen LogP contribution >= 0.6 is 0 Å². The predicted octanol–water partition coefficient (Wildman–Crippen LogP) is 1.95. The van der Waals surface area contributed by atoms with Crippen LogP contribution in [0.1, 0.15) is 24.5 Å². The highest BCUT2D eigenvalue weighted by Crippen LogP contribution is 2.07. The van der Waals surface area contributed by atoms with Crippen LogP contribution in [-0.2, 0) is 16.3 Å². The predicted molar refractivity (Wildman–Crippen MR) is 76.7 cm³/mol. The minimum atomic E-state index is -2.85. The van der Waals surface area contributed by atoms with Crippen molar-refractivity contribution in [2.75, 3.05) is 18.6 Å². The molecule has 0 heterocycles. The normalized spacial score (nSPS) is 13.5. The van der Waals surface area contributed by atoms with Gasteiger partial charge in [0, 0.05) is 18.8 Å². The number of hydrogen-bond acceptors (Lipinski definition) is 3. The van der Waals surface area contributed by atoms with Crippen LogP contribution in [0.3, 0.4) is 0 Å². The number of hydrogen-bond donors (Lipinski definition) is 1. The molecule has 0 spiro atoms. The zero-order valence-electron chi connectivity index (χ0n) is 11.4. The van der Waals surface area contributed by atoms with Gasteiger partial charge in [-0.25, -0.2) is 8.42 Å². The Kier molecular flexibility index (Phi) is 5.82. The second-order valence-electron chi connectivity index (χ2n) is 5.01. The van der Waals surface area contributed by atoms with Crippen LogP contribution in [-0.4, -0.2) is 33.0 Å². The van der Waals surface area contributed by atoms with Gasteiger partial charge in [0.15, 0.2) is 0 Å². The third-order valence-corrected chi connectivity index (χ3v) is 3.90. The molecule has 1 rings (SSSR count). The van der Waals surface area contributed by atoms with Gasteiger partial charge in [-0.3, -0.25) is 0 Å². The first-order chi connectivity index (χ1) is 8.37. The Labute approximate surface area is 111 Å². The van der Waals surface area contributed by atoms with E-state index in [1.807, 2.05) is 0 Å². The molecule has 1 atom stereocenters. The second-order valence-corrected chi connectivity index (χ2v) is 7.27. The zero-order chi connectivity index (χ0) is 13.6. The summed E-state index contributed by atoms with van der Waals surface area (Å²) in [4.78, 5) is 0. The van der Waals surface area contributed by atoms with Gasteiger partial charge >= 0.3 is 0 Å². The van der Waals surface area contributed by atoms with Crippen molar-refractivity contribution in [3.05, 3.63) is 35.4 Å². The lowest BCUT2D eigenvalue weighted by Gasteiger charge is -2.13. The first kappa shape index (κ1) is 15.2. The highest BCUT2D eigenvalue weighted by Gasteiger charge is 2.05. The summed E-state index contributed by atoms with van der Waals surface area (Å²) in [6.45, 7) is 4.71. The van der Waals surface area contributed by atoms with Gasteiger partial charge in [-0.05, 0) is 32.3 Å². The van der Waals surface area contributed by atoms with E-state index in [2.05, 4.69) is 43.4 Å². The average Bonchev–Trinajstić information content (AvgIpc) is 2.26. The molecular formula is C14H23NO2S. The Bertz CT molecular complexity index is 451. The third-order valence-electron chi connectivity index (χ3n) is 2.95. The molecule has 0 radical (unpaired) electrons. The highest BCUT2D eigenvalue weighted by molar-refractivity contribution is 7.90. The SMILES string of the molecule is Cc1ccc(CC[C@H](C)NCCS(C)(=O)=O)cc1. The van der Waals surface area contributed by atoms with Crippen LogP contribution in [0.5, 0.6) is 0 Å². The van der Waals surface area contributed by atoms with Crippen LogP contribution in [0.15, 0.2) is 24.3 Å². The van der Waals surface area contributed by atoms with Crippen molar-refractivity contribution in [1.29, 1.82) is 0 Å². The van der Waals surface area contributed by atoms with E-state index < -0.39 is 9.84 Å². The van der Waals surface area contributed by atoms with Gasteiger partial charge in [-0.2, -0.15) is 0 Å². The molecule has 102 valence electrons. The summed E-state index contributed by atoms with van der Waals surface area (Å²) in [5, 5.41) is 3.24. The number of sulfone groups is 1. The van der Waals surface area contributed by atoms with Crippen molar-refractivity contribution in [3.63, 3.8) is 0 Å². The fourth-order valence-electron chi connectivity index (χ4n) is 1.73. The van der Waals surface area contributed by atoms with Gasteiger partial charge < -0.3 is 5.32 Å². The molecule has 1 N–H and O–H groups in total. The summed E-state index contributed by atoms with van der Waals surface area (Å²) < 4.78 is 22.0. The molecule has 0 bridgehead atoms. The van der Waals surface area contributed by atoms with Crippen molar-refractivity contribution in [2.45, 2.75) is 32.7 Å². The van der Waals surface area contributed by atoms with Gasteiger partial charge in [-0.1, -0.05) is 29.8 Å². The van der Waals surface area contributed by atoms with Gasteiger partial charge in [0.25, 0.3) is 0 Å². The fraction of sp³-hybridized carbons (Fsp3) is 0.571. The first-order valence-electron chi connectivity index (χ1n) is 6.33. The van der Waals surface area contributed by atoms with Gasteiger partial charge in [0.2, 0.25) is 0 Å². The highest BCUT2D eigenvalue weighted by atomic mass is 32.2. The average molecular weight is 269 g/mol. The number of rotatable bonds is 7. The molecular weight excluding hydrogens is 246 g/mol. The van der Waals surface area contributed by atoms with Crippen molar-refractivity contribution in [3.8, 4) is 0 Å². The lowest BCUT2D eigenvalue weighted by atomic mass is 10.0. The largest absolute Gasteiger partial charge is 0.313 e. The van der Waals surface area contributed by atoms with E-state index in [1.54, 1.807) is 0 Å². The second kappa shape index (κ2) is 6.90.